The van der Waals surface area contributed by atoms with Gasteiger partial charge in [0.05, 0.1) is 17.3 Å². The Kier molecular flexibility index (Phi) is 7.12. The summed E-state index contributed by atoms with van der Waals surface area (Å²) in [5.74, 6) is 1.28. The molecule has 1 amide bonds. The first-order valence-electron chi connectivity index (χ1n) is 10.8. The molecular weight excluding hydrogens is 360 g/mol. The summed E-state index contributed by atoms with van der Waals surface area (Å²) in [6, 6.07) is 12.4. The topological polar surface area (TPSA) is 41.4 Å². The third kappa shape index (κ3) is 5.47. The van der Waals surface area contributed by atoms with Crippen LogP contribution in [-0.2, 0) is 18.4 Å². The summed E-state index contributed by atoms with van der Waals surface area (Å²) >= 11 is 0. The van der Waals surface area contributed by atoms with Crippen LogP contribution in [-0.4, -0.2) is 53.2 Å². The molecule has 1 aliphatic carbocycles. The Morgan fingerprint density at radius 1 is 1.14 bits per heavy atom. The minimum absolute atomic E-state index is 0.0822. The van der Waals surface area contributed by atoms with Gasteiger partial charge in [-0.25, -0.2) is 0 Å². The van der Waals surface area contributed by atoms with Crippen LogP contribution >= 0.6 is 0 Å². The van der Waals surface area contributed by atoms with Crippen molar-refractivity contribution >= 4 is 5.91 Å². The molecule has 1 heterocycles. The largest absolute Gasteiger partial charge is 0.345 e. The van der Waals surface area contributed by atoms with Gasteiger partial charge in [0.15, 0.2) is 0 Å². The summed E-state index contributed by atoms with van der Waals surface area (Å²) in [4.78, 5) is 17.0. The van der Waals surface area contributed by atoms with E-state index >= 15 is 0 Å². The standard InChI is InChI=1S/C24H36N4O/c1-18(20-9-7-6-8-10-20)24(29)27(4)16-19-11-13-21(14-12-19)23-15-22(17-26(2)3)28(5)25-23/h6-10,15,18-19,21H,11-14,16-17H2,1-5H3. The van der Waals surface area contributed by atoms with Gasteiger partial charge in [0.2, 0.25) is 5.91 Å². The molecule has 0 bridgehead atoms. The van der Waals surface area contributed by atoms with Gasteiger partial charge < -0.3 is 9.80 Å². The van der Waals surface area contributed by atoms with E-state index in [-0.39, 0.29) is 11.8 Å². The monoisotopic (exact) mass is 396 g/mol. The summed E-state index contributed by atoms with van der Waals surface area (Å²) in [5.41, 5.74) is 3.61. The van der Waals surface area contributed by atoms with Gasteiger partial charge in [-0.1, -0.05) is 30.3 Å². The molecule has 158 valence electrons. The molecule has 0 spiro atoms. The normalized spacial score (nSPS) is 20.6. The van der Waals surface area contributed by atoms with Crippen molar-refractivity contribution in [1.29, 1.82) is 0 Å². The fraction of sp³-hybridized carbons (Fsp3) is 0.583. The lowest BCUT2D eigenvalue weighted by Crippen LogP contribution is -2.35. The van der Waals surface area contributed by atoms with Crippen LogP contribution < -0.4 is 0 Å². The molecule has 5 heteroatoms. The zero-order valence-electron chi connectivity index (χ0n) is 18.6. The molecule has 29 heavy (non-hydrogen) atoms. The van der Waals surface area contributed by atoms with E-state index in [1.807, 2.05) is 60.9 Å². The second-order valence-electron chi connectivity index (χ2n) is 8.99. The number of nitrogens with zero attached hydrogens (tertiary/aromatic N) is 4. The molecule has 1 aromatic heterocycles. The predicted octanol–water partition coefficient (Wildman–Crippen LogP) is 4.02. The number of hydrogen-bond acceptors (Lipinski definition) is 3. The maximum absolute atomic E-state index is 12.8. The average Bonchev–Trinajstić information content (AvgIpc) is 3.07. The highest BCUT2D eigenvalue weighted by Crippen LogP contribution is 2.36. The number of hydrogen-bond donors (Lipinski definition) is 0. The van der Waals surface area contributed by atoms with E-state index < -0.39 is 0 Å². The van der Waals surface area contributed by atoms with E-state index in [2.05, 4.69) is 25.1 Å². The first kappa shape index (κ1) is 21.6. The Bertz CT molecular complexity index is 790. The fourth-order valence-corrected chi connectivity index (χ4v) is 4.53. The molecule has 0 saturated heterocycles. The van der Waals surface area contributed by atoms with Gasteiger partial charge in [-0.15, -0.1) is 0 Å². The molecule has 0 radical (unpaired) electrons. The van der Waals surface area contributed by atoms with Crippen LogP contribution in [0.15, 0.2) is 36.4 Å². The Hall–Kier alpha value is -2.14. The van der Waals surface area contributed by atoms with Crippen LogP contribution in [0.25, 0.3) is 0 Å². The maximum Gasteiger partial charge on any atom is 0.229 e. The summed E-state index contributed by atoms with van der Waals surface area (Å²) < 4.78 is 2.03. The van der Waals surface area contributed by atoms with Crippen molar-refractivity contribution < 1.29 is 4.79 Å². The lowest BCUT2D eigenvalue weighted by molar-refractivity contribution is -0.131. The second-order valence-corrected chi connectivity index (χ2v) is 8.99. The quantitative estimate of drug-likeness (QED) is 0.710. The number of aromatic nitrogens is 2. The van der Waals surface area contributed by atoms with Gasteiger partial charge in [0.1, 0.15) is 0 Å². The molecule has 1 atom stereocenters. The Balaban J connectivity index is 1.51. The van der Waals surface area contributed by atoms with Gasteiger partial charge in [-0.3, -0.25) is 9.48 Å². The average molecular weight is 397 g/mol. The van der Waals surface area contributed by atoms with E-state index in [0.29, 0.717) is 11.8 Å². The molecule has 0 aliphatic heterocycles. The molecule has 5 nitrogen and oxygen atoms in total. The molecule has 1 fully saturated rings. The molecule has 1 aliphatic rings. The minimum Gasteiger partial charge on any atom is -0.345 e. The van der Waals surface area contributed by atoms with Gasteiger partial charge in [-0.05, 0) is 64.3 Å². The third-order valence-electron chi connectivity index (χ3n) is 6.32. The highest BCUT2D eigenvalue weighted by Gasteiger charge is 2.27. The molecule has 1 saturated carbocycles. The van der Waals surface area contributed by atoms with Gasteiger partial charge >= 0.3 is 0 Å². The van der Waals surface area contributed by atoms with Crippen LogP contribution in [0.5, 0.6) is 0 Å². The second kappa shape index (κ2) is 9.57. The lowest BCUT2D eigenvalue weighted by Gasteiger charge is -2.31. The number of carbonyl (C=O) groups excluding carboxylic acids is 1. The van der Waals surface area contributed by atoms with Crippen LogP contribution in [0.4, 0.5) is 0 Å². The fourth-order valence-electron chi connectivity index (χ4n) is 4.53. The van der Waals surface area contributed by atoms with Crippen molar-refractivity contribution in [3.63, 3.8) is 0 Å². The van der Waals surface area contributed by atoms with Crippen molar-refractivity contribution in [3.05, 3.63) is 53.3 Å². The smallest absolute Gasteiger partial charge is 0.229 e. The van der Waals surface area contributed by atoms with Crippen molar-refractivity contribution in [1.82, 2.24) is 19.6 Å². The minimum atomic E-state index is -0.0822. The van der Waals surface area contributed by atoms with Crippen molar-refractivity contribution in [2.75, 3.05) is 27.7 Å². The zero-order chi connectivity index (χ0) is 21.0. The molecule has 0 N–H and O–H groups in total. The van der Waals surface area contributed by atoms with Crippen molar-refractivity contribution in [2.24, 2.45) is 13.0 Å². The van der Waals surface area contributed by atoms with E-state index in [1.165, 1.54) is 37.1 Å². The summed E-state index contributed by atoms with van der Waals surface area (Å²) in [6.07, 6.45) is 4.67. The van der Waals surface area contributed by atoms with Crippen molar-refractivity contribution in [2.45, 2.75) is 51.0 Å². The van der Waals surface area contributed by atoms with E-state index in [9.17, 15) is 4.79 Å². The van der Waals surface area contributed by atoms with Gasteiger partial charge in [0.25, 0.3) is 0 Å². The summed E-state index contributed by atoms with van der Waals surface area (Å²) in [7, 11) is 8.19. The van der Waals surface area contributed by atoms with Crippen molar-refractivity contribution in [3.8, 4) is 0 Å². The number of aryl methyl sites for hydroxylation is 1. The highest BCUT2D eigenvalue weighted by atomic mass is 16.2. The maximum atomic E-state index is 12.8. The Morgan fingerprint density at radius 3 is 2.41 bits per heavy atom. The first-order valence-corrected chi connectivity index (χ1v) is 10.8. The van der Waals surface area contributed by atoms with Crippen LogP contribution in [0.2, 0.25) is 0 Å². The zero-order valence-corrected chi connectivity index (χ0v) is 18.6. The lowest BCUT2D eigenvalue weighted by atomic mass is 9.80. The molecule has 1 unspecified atom stereocenters. The van der Waals surface area contributed by atoms with E-state index in [4.69, 9.17) is 5.10 Å². The SMILES string of the molecule is CC(C(=O)N(C)CC1CCC(c2cc(CN(C)C)n(C)n2)CC1)c1ccccc1. The number of amides is 1. The summed E-state index contributed by atoms with van der Waals surface area (Å²) in [5, 5.41) is 4.78. The number of rotatable bonds is 7. The first-order chi connectivity index (χ1) is 13.8. The van der Waals surface area contributed by atoms with Gasteiger partial charge in [-0.2, -0.15) is 5.10 Å². The number of benzene rings is 1. The molecular formula is C24H36N4O. The van der Waals surface area contributed by atoms with Gasteiger partial charge in [0, 0.05) is 33.1 Å². The Morgan fingerprint density at radius 2 is 1.79 bits per heavy atom. The van der Waals surface area contributed by atoms with Crippen LogP contribution in [0.1, 0.15) is 61.4 Å². The summed E-state index contributed by atoms with van der Waals surface area (Å²) in [6.45, 7) is 3.79. The van der Waals surface area contributed by atoms with E-state index in [0.717, 1.165) is 18.7 Å². The highest BCUT2D eigenvalue weighted by molar-refractivity contribution is 5.83. The Labute approximate surface area is 175 Å². The molecule has 3 rings (SSSR count). The van der Waals surface area contributed by atoms with Crippen LogP contribution in [0.3, 0.4) is 0 Å². The molecule has 2 aromatic rings. The third-order valence-corrected chi connectivity index (χ3v) is 6.32. The number of carbonyl (C=O) groups is 1. The van der Waals surface area contributed by atoms with E-state index in [1.54, 1.807) is 0 Å². The molecule has 1 aromatic carbocycles. The van der Waals surface area contributed by atoms with Crippen LogP contribution in [0, 0.1) is 5.92 Å². The predicted molar refractivity (Wildman–Crippen MR) is 118 cm³/mol. The number of likely N-dealkylation sites (N-methyl/N-ethyl adjacent to an activating group) is 1.